The van der Waals surface area contributed by atoms with Gasteiger partial charge in [-0.1, -0.05) is 6.07 Å². The highest BCUT2D eigenvalue weighted by atomic mass is 19.1. The summed E-state index contributed by atoms with van der Waals surface area (Å²) in [6.45, 7) is 1.96. The van der Waals surface area contributed by atoms with Gasteiger partial charge in [-0.05, 0) is 43.0 Å². The normalized spacial score (nSPS) is 16.9. The van der Waals surface area contributed by atoms with Crippen LogP contribution in [0.4, 0.5) is 14.5 Å². The molecule has 1 saturated heterocycles. The van der Waals surface area contributed by atoms with Gasteiger partial charge >= 0.3 is 0 Å². The summed E-state index contributed by atoms with van der Waals surface area (Å²) < 4.78 is 41.6. The Bertz CT molecular complexity index is 1640. The second-order valence-electron chi connectivity index (χ2n) is 9.51. The third-order valence-electron chi connectivity index (χ3n) is 6.87. The molecule has 4 aromatic rings. The van der Waals surface area contributed by atoms with Gasteiger partial charge in [-0.3, -0.25) is 9.59 Å². The molecule has 186 valence electrons. The van der Waals surface area contributed by atoms with Crippen molar-refractivity contribution in [2.45, 2.75) is 37.9 Å². The Morgan fingerprint density at radius 1 is 1.22 bits per heavy atom. The van der Waals surface area contributed by atoms with E-state index in [4.69, 9.17) is 20.6 Å². The number of ether oxygens (including phenoxy) is 1. The van der Waals surface area contributed by atoms with Crippen molar-refractivity contribution in [1.82, 2.24) is 14.9 Å². The number of hydrogen-bond donors (Lipinski definition) is 3. The summed E-state index contributed by atoms with van der Waals surface area (Å²) in [5.41, 5.74) is 11.8. The summed E-state index contributed by atoms with van der Waals surface area (Å²) in [5.74, 6) is -1.63. The molecule has 5 N–H and O–H groups in total. The molecule has 0 spiro atoms. The van der Waals surface area contributed by atoms with Gasteiger partial charge in [0.1, 0.15) is 17.2 Å². The number of anilines is 1. The van der Waals surface area contributed by atoms with E-state index >= 15 is 0 Å². The predicted octanol–water partition coefficient (Wildman–Crippen LogP) is 2.66. The van der Waals surface area contributed by atoms with Crippen LogP contribution < -0.4 is 22.3 Å². The minimum Gasteiger partial charge on any atom is -0.438 e. The molecule has 2 fully saturated rings. The van der Waals surface area contributed by atoms with Gasteiger partial charge in [0.05, 0.1) is 31.0 Å². The third-order valence-corrected chi connectivity index (χ3v) is 6.87. The van der Waals surface area contributed by atoms with E-state index in [0.717, 1.165) is 25.0 Å². The molecule has 1 aliphatic carbocycles. The molecule has 0 radical (unpaired) electrons. The lowest BCUT2D eigenvalue weighted by Gasteiger charge is -2.35. The molecule has 0 bridgehead atoms. The van der Waals surface area contributed by atoms with Gasteiger partial charge in [0.15, 0.2) is 11.1 Å². The number of nitrogens with zero attached hydrogens (tertiary/aromatic N) is 2. The number of fused-ring (bicyclic) bond motifs is 3. The first-order valence-electron chi connectivity index (χ1n) is 11.5. The maximum atomic E-state index is 14.8. The van der Waals surface area contributed by atoms with E-state index in [1.54, 1.807) is 23.6 Å². The number of rotatable bonds is 5. The molecular formula is C25H23F2N5O4. The van der Waals surface area contributed by atoms with E-state index in [1.807, 2.05) is 0 Å². The molecule has 2 aliphatic rings. The SMILES string of the molecule is Cc1c(-c2cc(F)c(N)cc2F)ccc2c3oc(CNC(=O)C4(N)COC4)nc3c(=O)n(C3CC3)c12. The van der Waals surface area contributed by atoms with Gasteiger partial charge in [0.2, 0.25) is 11.8 Å². The fraction of sp³-hybridized carbons (Fsp3) is 0.320. The van der Waals surface area contributed by atoms with E-state index in [1.165, 1.54) is 0 Å². The van der Waals surface area contributed by atoms with Crippen LogP contribution in [0.3, 0.4) is 0 Å². The maximum Gasteiger partial charge on any atom is 0.281 e. The molecule has 0 atom stereocenters. The van der Waals surface area contributed by atoms with Crippen molar-refractivity contribution in [2.24, 2.45) is 5.73 Å². The highest BCUT2D eigenvalue weighted by molar-refractivity contribution is 6.04. The minimum atomic E-state index is -1.08. The molecule has 1 aliphatic heterocycles. The first kappa shape index (κ1) is 22.6. The molecule has 1 amide bonds. The van der Waals surface area contributed by atoms with Gasteiger partial charge in [-0.25, -0.2) is 13.8 Å². The van der Waals surface area contributed by atoms with Crippen LogP contribution in [-0.2, 0) is 16.1 Å². The summed E-state index contributed by atoms with van der Waals surface area (Å²) in [7, 11) is 0. The number of pyridine rings is 1. The summed E-state index contributed by atoms with van der Waals surface area (Å²) in [4.78, 5) is 30.2. The van der Waals surface area contributed by atoms with Crippen LogP contribution in [0.5, 0.6) is 0 Å². The van der Waals surface area contributed by atoms with Crippen molar-refractivity contribution in [3.05, 3.63) is 57.7 Å². The number of halogens is 2. The summed E-state index contributed by atoms with van der Waals surface area (Å²) in [6.07, 6.45) is 1.63. The highest BCUT2D eigenvalue weighted by Gasteiger charge is 2.42. The number of benzene rings is 2. The zero-order valence-corrected chi connectivity index (χ0v) is 19.4. The molecule has 3 heterocycles. The minimum absolute atomic E-state index is 0.0260. The third kappa shape index (κ3) is 3.38. The standard InChI is InChI=1S/C25H23F2N5O4/c1-11-13(15-6-17(27)18(28)7-16(15)26)4-5-14-21(11)32(12-2-3-12)23(33)20-22(14)36-19(31-20)8-30-24(34)25(29)9-35-10-25/h4-7,12H,2-3,8-10,28-29H2,1H3,(H,30,34). The zero-order valence-electron chi connectivity index (χ0n) is 19.4. The van der Waals surface area contributed by atoms with Crippen molar-refractivity contribution in [1.29, 1.82) is 0 Å². The fourth-order valence-electron chi connectivity index (χ4n) is 4.70. The van der Waals surface area contributed by atoms with Crippen LogP contribution in [0.1, 0.15) is 30.3 Å². The number of nitrogens with two attached hydrogens (primary N) is 2. The molecule has 0 unspecified atom stereocenters. The Balaban J connectivity index is 1.50. The fourth-order valence-corrected chi connectivity index (χ4v) is 4.70. The molecule has 2 aromatic carbocycles. The zero-order chi connectivity index (χ0) is 25.4. The van der Waals surface area contributed by atoms with E-state index < -0.39 is 23.1 Å². The van der Waals surface area contributed by atoms with E-state index in [2.05, 4.69) is 10.3 Å². The molecule has 2 aromatic heterocycles. The lowest BCUT2D eigenvalue weighted by atomic mass is 9.96. The Hall–Kier alpha value is -3.83. The maximum absolute atomic E-state index is 14.8. The van der Waals surface area contributed by atoms with Crippen LogP contribution >= 0.6 is 0 Å². The largest absolute Gasteiger partial charge is 0.438 e. The average molecular weight is 495 g/mol. The van der Waals surface area contributed by atoms with E-state index in [-0.39, 0.29) is 59.6 Å². The Kier molecular flexibility index (Phi) is 4.92. The number of aryl methyl sites for hydroxylation is 1. The molecular weight excluding hydrogens is 472 g/mol. The number of carbonyl (C=O) groups is 1. The van der Waals surface area contributed by atoms with Crippen LogP contribution in [0.25, 0.3) is 33.1 Å². The first-order valence-corrected chi connectivity index (χ1v) is 11.5. The van der Waals surface area contributed by atoms with Crippen LogP contribution in [0, 0.1) is 18.6 Å². The number of nitrogen functional groups attached to an aromatic ring is 1. The van der Waals surface area contributed by atoms with Gasteiger partial charge in [-0.2, -0.15) is 0 Å². The van der Waals surface area contributed by atoms with E-state index in [9.17, 15) is 18.4 Å². The van der Waals surface area contributed by atoms with Gasteiger partial charge in [0.25, 0.3) is 5.56 Å². The smallest absolute Gasteiger partial charge is 0.281 e. The van der Waals surface area contributed by atoms with Crippen molar-refractivity contribution < 1.29 is 22.7 Å². The van der Waals surface area contributed by atoms with Gasteiger partial charge in [0, 0.05) is 23.1 Å². The van der Waals surface area contributed by atoms with Gasteiger partial charge < -0.3 is 30.5 Å². The highest BCUT2D eigenvalue weighted by Crippen LogP contribution is 2.41. The van der Waals surface area contributed by atoms with Crippen molar-refractivity contribution in [3.8, 4) is 11.1 Å². The topological polar surface area (TPSA) is 138 Å². The Labute approximate surface area is 203 Å². The monoisotopic (exact) mass is 495 g/mol. The average Bonchev–Trinajstić information content (AvgIpc) is 3.57. The lowest BCUT2D eigenvalue weighted by molar-refractivity contribution is -0.143. The molecule has 36 heavy (non-hydrogen) atoms. The number of amides is 1. The second kappa shape index (κ2) is 7.84. The molecule has 11 heteroatoms. The molecule has 6 rings (SSSR count). The number of oxazole rings is 1. The van der Waals surface area contributed by atoms with Crippen LogP contribution in [0.15, 0.2) is 33.5 Å². The van der Waals surface area contributed by atoms with E-state index in [0.29, 0.717) is 22.0 Å². The number of carbonyl (C=O) groups excluding carboxylic acids is 1. The summed E-state index contributed by atoms with van der Waals surface area (Å²) in [5, 5.41) is 3.29. The van der Waals surface area contributed by atoms with Crippen LogP contribution in [0.2, 0.25) is 0 Å². The number of aromatic nitrogens is 2. The first-order chi connectivity index (χ1) is 17.2. The summed E-state index contributed by atoms with van der Waals surface area (Å²) in [6, 6.07) is 5.35. The summed E-state index contributed by atoms with van der Waals surface area (Å²) >= 11 is 0. The number of nitrogens with one attached hydrogen (secondary N) is 1. The molecule has 9 nitrogen and oxygen atoms in total. The second-order valence-corrected chi connectivity index (χ2v) is 9.51. The quantitative estimate of drug-likeness (QED) is 0.362. The number of hydrogen-bond acceptors (Lipinski definition) is 7. The Morgan fingerprint density at radius 3 is 2.64 bits per heavy atom. The van der Waals surface area contributed by atoms with Crippen molar-refractivity contribution in [3.63, 3.8) is 0 Å². The van der Waals surface area contributed by atoms with Crippen LogP contribution in [-0.4, -0.2) is 34.2 Å². The van der Waals surface area contributed by atoms with Crippen molar-refractivity contribution in [2.75, 3.05) is 18.9 Å². The predicted molar refractivity (Wildman–Crippen MR) is 128 cm³/mol. The van der Waals surface area contributed by atoms with Crippen molar-refractivity contribution >= 4 is 33.6 Å². The molecule has 1 saturated carbocycles. The Morgan fingerprint density at radius 2 is 1.97 bits per heavy atom. The lowest BCUT2D eigenvalue weighted by Crippen LogP contribution is -2.66. The van der Waals surface area contributed by atoms with Gasteiger partial charge in [-0.15, -0.1) is 0 Å².